The quantitative estimate of drug-likeness (QED) is 0.714. The molecule has 2 nitrogen and oxygen atoms in total. The van der Waals surface area contributed by atoms with Crippen LogP contribution in [0.15, 0.2) is 30.3 Å². The van der Waals surface area contributed by atoms with Crippen LogP contribution in [0.3, 0.4) is 0 Å². The molecule has 0 saturated heterocycles. The van der Waals surface area contributed by atoms with Crippen molar-refractivity contribution in [2.24, 2.45) is 5.73 Å². The first-order chi connectivity index (χ1) is 6.29. The standard InChI is InChI=1S/C11H12N2/c1-8-2-5-11-9(6-8)3-4-10(7-12)13-11/h2-6H,7,12H2,1H3. The minimum absolute atomic E-state index is 0.504. The zero-order valence-corrected chi connectivity index (χ0v) is 7.62. The molecule has 0 fully saturated rings. The molecule has 1 aromatic carbocycles. The van der Waals surface area contributed by atoms with Gasteiger partial charge in [-0.15, -0.1) is 0 Å². The molecule has 0 bridgehead atoms. The van der Waals surface area contributed by atoms with Crippen LogP contribution in [0.25, 0.3) is 10.9 Å². The summed E-state index contributed by atoms with van der Waals surface area (Å²) >= 11 is 0. The van der Waals surface area contributed by atoms with Crippen LogP contribution in [-0.2, 0) is 6.54 Å². The van der Waals surface area contributed by atoms with Gasteiger partial charge in [0.25, 0.3) is 0 Å². The number of aromatic nitrogens is 1. The number of nitrogens with zero attached hydrogens (tertiary/aromatic N) is 1. The number of hydrogen-bond donors (Lipinski definition) is 1. The molecule has 0 saturated carbocycles. The highest BCUT2D eigenvalue weighted by Crippen LogP contribution is 2.13. The minimum atomic E-state index is 0.504. The van der Waals surface area contributed by atoms with E-state index in [1.807, 2.05) is 12.1 Å². The lowest BCUT2D eigenvalue weighted by Crippen LogP contribution is -1.98. The first-order valence-corrected chi connectivity index (χ1v) is 4.36. The molecule has 0 aliphatic heterocycles. The fraction of sp³-hybridized carbons (Fsp3) is 0.182. The van der Waals surface area contributed by atoms with Gasteiger partial charge in [0, 0.05) is 11.9 Å². The maximum atomic E-state index is 5.51. The van der Waals surface area contributed by atoms with Crippen molar-refractivity contribution in [3.63, 3.8) is 0 Å². The Balaban J connectivity index is 2.66. The number of pyridine rings is 1. The van der Waals surface area contributed by atoms with Crippen molar-refractivity contribution in [1.82, 2.24) is 4.98 Å². The van der Waals surface area contributed by atoms with Gasteiger partial charge in [-0.1, -0.05) is 17.7 Å². The average molecular weight is 172 g/mol. The normalized spacial score (nSPS) is 10.6. The van der Waals surface area contributed by atoms with E-state index in [0.29, 0.717) is 6.54 Å². The van der Waals surface area contributed by atoms with Crippen molar-refractivity contribution < 1.29 is 0 Å². The third kappa shape index (κ3) is 1.53. The lowest BCUT2D eigenvalue weighted by Gasteiger charge is -2.00. The van der Waals surface area contributed by atoms with Crippen molar-refractivity contribution in [3.05, 3.63) is 41.6 Å². The van der Waals surface area contributed by atoms with Gasteiger partial charge < -0.3 is 5.73 Å². The molecule has 0 radical (unpaired) electrons. The Morgan fingerprint density at radius 1 is 1.23 bits per heavy atom. The van der Waals surface area contributed by atoms with Crippen LogP contribution in [0.1, 0.15) is 11.3 Å². The molecule has 0 spiro atoms. The summed E-state index contributed by atoms with van der Waals surface area (Å²) < 4.78 is 0. The lowest BCUT2D eigenvalue weighted by molar-refractivity contribution is 1.01. The van der Waals surface area contributed by atoms with Crippen LogP contribution in [0.5, 0.6) is 0 Å². The van der Waals surface area contributed by atoms with Gasteiger partial charge in [0.15, 0.2) is 0 Å². The molecule has 0 atom stereocenters. The van der Waals surface area contributed by atoms with Crippen LogP contribution >= 0.6 is 0 Å². The molecule has 2 aromatic rings. The predicted octanol–water partition coefficient (Wildman–Crippen LogP) is 2.00. The second kappa shape index (κ2) is 3.15. The largest absolute Gasteiger partial charge is 0.325 e. The number of benzene rings is 1. The Bertz CT molecular complexity index is 435. The molecule has 2 N–H and O–H groups in total. The molecule has 2 rings (SSSR count). The molecule has 0 amide bonds. The fourth-order valence-electron chi connectivity index (χ4n) is 1.40. The molecule has 1 heterocycles. The fourth-order valence-corrected chi connectivity index (χ4v) is 1.40. The van der Waals surface area contributed by atoms with Crippen LogP contribution in [0, 0.1) is 6.92 Å². The Morgan fingerprint density at radius 3 is 2.85 bits per heavy atom. The summed E-state index contributed by atoms with van der Waals surface area (Å²) in [4.78, 5) is 4.41. The molecule has 0 aliphatic rings. The van der Waals surface area contributed by atoms with Crippen LogP contribution in [0.4, 0.5) is 0 Å². The SMILES string of the molecule is Cc1ccc2nc(CN)ccc2c1. The molecular weight excluding hydrogens is 160 g/mol. The number of aryl methyl sites for hydroxylation is 1. The van der Waals surface area contributed by atoms with Gasteiger partial charge in [-0.05, 0) is 25.1 Å². The van der Waals surface area contributed by atoms with Gasteiger partial charge in [-0.25, -0.2) is 0 Å². The molecule has 66 valence electrons. The van der Waals surface area contributed by atoms with E-state index >= 15 is 0 Å². The smallest absolute Gasteiger partial charge is 0.0706 e. The van der Waals surface area contributed by atoms with E-state index in [4.69, 9.17) is 5.73 Å². The van der Waals surface area contributed by atoms with E-state index in [-0.39, 0.29) is 0 Å². The summed E-state index contributed by atoms with van der Waals surface area (Å²) in [5.41, 5.74) is 8.73. The average Bonchev–Trinajstić information content (AvgIpc) is 2.17. The molecule has 1 aromatic heterocycles. The Kier molecular flexibility index (Phi) is 1.99. The summed E-state index contributed by atoms with van der Waals surface area (Å²) in [6.45, 7) is 2.58. The van der Waals surface area contributed by atoms with E-state index < -0.39 is 0 Å². The second-order valence-electron chi connectivity index (χ2n) is 3.20. The number of nitrogens with two attached hydrogens (primary N) is 1. The van der Waals surface area contributed by atoms with E-state index in [1.165, 1.54) is 10.9 Å². The minimum Gasteiger partial charge on any atom is -0.325 e. The third-order valence-electron chi connectivity index (χ3n) is 2.11. The van der Waals surface area contributed by atoms with Gasteiger partial charge >= 0.3 is 0 Å². The Labute approximate surface area is 77.4 Å². The van der Waals surface area contributed by atoms with E-state index in [9.17, 15) is 0 Å². The van der Waals surface area contributed by atoms with Gasteiger partial charge in [-0.3, -0.25) is 4.98 Å². The molecule has 0 aliphatic carbocycles. The second-order valence-corrected chi connectivity index (χ2v) is 3.20. The van der Waals surface area contributed by atoms with E-state index in [0.717, 1.165) is 11.2 Å². The van der Waals surface area contributed by atoms with Gasteiger partial charge in [0.05, 0.1) is 11.2 Å². The van der Waals surface area contributed by atoms with Crippen molar-refractivity contribution >= 4 is 10.9 Å². The maximum Gasteiger partial charge on any atom is 0.0706 e. The Morgan fingerprint density at radius 2 is 2.08 bits per heavy atom. The zero-order chi connectivity index (χ0) is 9.26. The maximum absolute atomic E-state index is 5.51. The highest BCUT2D eigenvalue weighted by atomic mass is 14.7. The zero-order valence-electron chi connectivity index (χ0n) is 7.62. The third-order valence-corrected chi connectivity index (χ3v) is 2.11. The van der Waals surface area contributed by atoms with Crippen molar-refractivity contribution in [1.29, 1.82) is 0 Å². The number of rotatable bonds is 1. The van der Waals surface area contributed by atoms with E-state index in [1.54, 1.807) is 0 Å². The summed E-state index contributed by atoms with van der Waals surface area (Å²) in [6, 6.07) is 10.3. The van der Waals surface area contributed by atoms with Gasteiger partial charge in [-0.2, -0.15) is 0 Å². The summed E-state index contributed by atoms with van der Waals surface area (Å²) in [5, 5.41) is 1.18. The van der Waals surface area contributed by atoms with Gasteiger partial charge in [0.2, 0.25) is 0 Å². The summed E-state index contributed by atoms with van der Waals surface area (Å²) in [5.74, 6) is 0. The van der Waals surface area contributed by atoms with E-state index in [2.05, 4.69) is 30.1 Å². The highest BCUT2D eigenvalue weighted by molar-refractivity contribution is 5.79. The van der Waals surface area contributed by atoms with Crippen molar-refractivity contribution in [2.75, 3.05) is 0 Å². The monoisotopic (exact) mass is 172 g/mol. The molecular formula is C11H12N2. The van der Waals surface area contributed by atoms with Crippen LogP contribution in [0.2, 0.25) is 0 Å². The molecule has 13 heavy (non-hydrogen) atoms. The lowest BCUT2D eigenvalue weighted by atomic mass is 10.1. The van der Waals surface area contributed by atoms with Crippen LogP contribution in [-0.4, -0.2) is 4.98 Å². The van der Waals surface area contributed by atoms with Crippen LogP contribution < -0.4 is 5.73 Å². The highest BCUT2D eigenvalue weighted by Gasteiger charge is 1.96. The summed E-state index contributed by atoms with van der Waals surface area (Å²) in [7, 11) is 0. The van der Waals surface area contributed by atoms with Crippen molar-refractivity contribution in [3.8, 4) is 0 Å². The van der Waals surface area contributed by atoms with Gasteiger partial charge in [0.1, 0.15) is 0 Å². The first kappa shape index (κ1) is 8.20. The number of fused-ring (bicyclic) bond motifs is 1. The summed E-state index contributed by atoms with van der Waals surface area (Å²) in [6.07, 6.45) is 0. The molecule has 2 heteroatoms. The molecule has 0 unspecified atom stereocenters. The predicted molar refractivity (Wildman–Crippen MR) is 54.4 cm³/mol. The topological polar surface area (TPSA) is 38.9 Å². The number of hydrogen-bond acceptors (Lipinski definition) is 2. The first-order valence-electron chi connectivity index (χ1n) is 4.36. The van der Waals surface area contributed by atoms with Crippen molar-refractivity contribution in [2.45, 2.75) is 13.5 Å². The Hall–Kier alpha value is -1.41.